The highest BCUT2D eigenvalue weighted by molar-refractivity contribution is 5.94. The van der Waals surface area contributed by atoms with Crippen LogP contribution in [0.2, 0.25) is 0 Å². The van der Waals surface area contributed by atoms with Gasteiger partial charge in [-0.3, -0.25) is 9.78 Å². The summed E-state index contributed by atoms with van der Waals surface area (Å²) >= 11 is 0. The van der Waals surface area contributed by atoms with Gasteiger partial charge in [0.25, 0.3) is 5.91 Å². The molecule has 1 unspecified atom stereocenters. The molecule has 9 heteroatoms. The van der Waals surface area contributed by atoms with Gasteiger partial charge in [0.15, 0.2) is 0 Å². The lowest BCUT2D eigenvalue weighted by molar-refractivity contribution is -0.137. The Kier molecular flexibility index (Phi) is 7.54. The lowest BCUT2D eigenvalue weighted by atomic mass is 9.75. The van der Waals surface area contributed by atoms with Gasteiger partial charge in [0, 0.05) is 31.0 Å². The normalized spacial score (nSPS) is 19.3. The van der Waals surface area contributed by atoms with Gasteiger partial charge in [0.1, 0.15) is 0 Å². The molecule has 2 aromatic heterocycles. The molecular formula is C26H28F3N3O3. The molecule has 0 radical (unpaired) electrons. The van der Waals surface area contributed by atoms with E-state index in [0.717, 1.165) is 37.3 Å². The number of carbonyl (C=O) groups is 1. The predicted octanol–water partition coefficient (Wildman–Crippen LogP) is 5.38. The SMILES string of the molecule is COCC(NC(=O)c1ccc(OC)nc1)[C@H]1CC[C@@H](c2ccnc3ccc(C(F)(F)F)cc32)CC1. The fourth-order valence-corrected chi connectivity index (χ4v) is 4.89. The molecule has 35 heavy (non-hydrogen) atoms. The number of aromatic nitrogens is 2. The van der Waals surface area contributed by atoms with Crippen LogP contribution in [0.15, 0.2) is 48.8 Å². The molecule has 1 atom stereocenters. The Bertz CT molecular complexity index is 1160. The number of hydrogen-bond acceptors (Lipinski definition) is 5. The van der Waals surface area contributed by atoms with Gasteiger partial charge in [0.05, 0.1) is 36.4 Å². The van der Waals surface area contributed by atoms with Crippen LogP contribution in [0, 0.1) is 5.92 Å². The second-order valence-corrected chi connectivity index (χ2v) is 8.87. The fourth-order valence-electron chi connectivity index (χ4n) is 4.89. The molecule has 1 aliphatic rings. The number of halogens is 3. The average Bonchev–Trinajstić information content (AvgIpc) is 2.87. The molecule has 0 bridgehead atoms. The summed E-state index contributed by atoms with van der Waals surface area (Å²) in [7, 11) is 3.11. The van der Waals surface area contributed by atoms with Gasteiger partial charge in [-0.25, -0.2) is 4.98 Å². The third-order valence-corrected chi connectivity index (χ3v) is 6.75. The van der Waals surface area contributed by atoms with Crippen molar-refractivity contribution in [1.82, 2.24) is 15.3 Å². The average molecular weight is 488 g/mol. The Morgan fingerprint density at radius 1 is 1.09 bits per heavy atom. The van der Waals surface area contributed by atoms with Crippen molar-refractivity contribution in [1.29, 1.82) is 0 Å². The van der Waals surface area contributed by atoms with Crippen LogP contribution in [0.4, 0.5) is 13.2 Å². The zero-order valence-electron chi connectivity index (χ0n) is 19.6. The number of nitrogens with one attached hydrogen (secondary N) is 1. The van der Waals surface area contributed by atoms with Crippen molar-refractivity contribution in [3.05, 3.63) is 65.5 Å². The number of benzene rings is 1. The number of carbonyl (C=O) groups excluding carboxylic acids is 1. The summed E-state index contributed by atoms with van der Waals surface area (Å²) in [6.45, 7) is 0.373. The minimum absolute atomic E-state index is 0.130. The van der Waals surface area contributed by atoms with Crippen molar-refractivity contribution in [2.24, 2.45) is 5.92 Å². The number of pyridine rings is 2. The third kappa shape index (κ3) is 5.73. The molecule has 0 aliphatic heterocycles. The first kappa shape index (κ1) is 24.9. The van der Waals surface area contributed by atoms with E-state index in [0.29, 0.717) is 29.0 Å². The summed E-state index contributed by atoms with van der Waals surface area (Å²) in [5.41, 5.74) is 1.24. The first-order chi connectivity index (χ1) is 16.8. The lowest BCUT2D eigenvalue weighted by Gasteiger charge is -2.34. The van der Waals surface area contributed by atoms with E-state index >= 15 is 0 Å². The number of nitrogens with zero attached hydrogens (tertiary/aromatic N) is 2. The summed E-state index contributed by atoms with van der Waals surface area (Å²) in [6, 6.07) is 8.67. The zero-order chi connectivity index (χ0) is 25.0. The van der Waals surface area contributed by atoms with E-state index in [9.17, 15) is 18.0 Å². The molecule has 1 aliphatic carbocycles. The quantitative estimate of drug-likeness (QED) is 0.485. The Morgan fingerprint density at radius 2 is 1.86 bits per heavy atom. The first-order valence-electron chi connectivity index (χ1n) is 11.6. The minimum Gasteiger partial charge on any atom is -0.481 e. The predicted molar refractivity (Wildman–Crippen MR) is 125 cm³/mol. The van der Waals surface area contributed by atoms with E-state index in [1.807, 2.05) is 6.07 Å². The molecule has 0 saturated heterocycles. The topological polar surface area (TPSA) is 73.3 Å². The molecule has 6 nitrogen and oxygen atoms in total. The van der Waals surface area contributed by atoms with Crippen LogP contribution < -0.4 is 10.1 Å². The molecule has 2 heterocycles. The van der Waals surface area contributed by atoms with Crippen LogP contribution in [0.5, 0.6) is 5.88 Å². The molecule has 1 aromatic carbocycles. The maximum atomic E-state index is 13.3. The van der Waals surface area contributed by atoms with Crippen molar-refractivity contribution >= 4 is 16.8 Å². The van der Waals surface area contributed by atoms with Crippen LogP contribution >= 0.6 is 0 Å². The molecule has 186 valence electrons. The van der Waals surface area contributed by atoms with Crippen LogP contribution in [0.25, 0.3) is 10.9 Å². The smallest absolute Gasteiger partial charge is 0.416 e. The zero-order valence-corrected chi connectivity index (χ0v) is 19.6. The van der Waals surface area contributed by atoms with Crippen LogP contribution in [-0.4, -0.2) is 42.7 Å². The Hall–Kier alpha value is -3.20. The van der Waals surface area contributed by atoms with Crippen molar-refractivity contribution < 1.29 is 27.4 Å². The molecule has 1 amide bonds. The minimum atomic E-state index is -4.40. The van der Waals surface area contributed by atoms with Crippen LogP contribution in [0.3, 0.4) is 0 Å². The van der Waals surface area contributed by atoms with E-state index < -0.39 is 11.7 Å². The first-order valence-corrected chi connectivity index (χ1v) is 11.6. The molecule has 0 spiro atoms. The Balaban J connectivity index is 1.46. The molecule has 1 saturated carbocycles. The van der Waals surface area contributed by atoms with E-state index in [2.05, 4.69) is 15.3 Å². The van der Waals surface area contributed by atoms with Crippen molar-refractivity contribution in [2.75, 3.05) is 20.8 Å². The highest BCUT2D eigenvalue weighted by Crippen LogP contribution is 2.40. The number of amides is 1. The maximum Gasteiger partial charge on any atom is 0.416 e. The highest BCUT2D eigenvalue weighted by Gasteiger charge is 2.33. The Morgan fingerprint density at radius 3 is 2.49 bits per heavy atom. The number of alkyl halides is 3. The van der Waals surface area contributed by atoms with Gasteiger partial charge in [-0.1, -0.05) is 0 Å². The summed E-state index contributed by atoms with van der Waals surface area (Å²) in [5.74, 6) is 0.522. The Labute approximate surface area is 201 Å². The van der Waals surface area contributed by atoms with E-state index in [4.69, 9.17) is 9.47 Å². The van der Waals surface area contributed by atoms with Crippen molar-refractivity contribution in [3.8, 4) is 5.88 Å². The third-order valence-electron chi connectivity index (χ3n) is 6.75. The molecular weight excluding hydrogens is 459 g/mol. The van der Waals surface area contributed by atoms with E-state index in [-0.39, 0.29) is 23.8 Å². The van der Waals surface area contributed by atoms with Gasteiger partial charge < -0.3 is 14.8 Å². The second kappa shape index (κ2) is 10.6. The lowest BCUT2D eigenvalue weighted by Crippen LogP contribution is -2.44. The van der Waals surface area contributed by atoms with Gasteiger partial charge in [-0.2, -0.15) is 13.2 Å². The second-order valence-electron chi connectivity index (χ2n) is 8.87. The molecule has 1 N–H and O–H groups in total. The molecule has 3 aromatic rings. The van der Waals surface area contributed by atoms with Crippen molar-refractivity contribution in [3.63, 3.8) is 0 Å². The monoisotopic (exact) mass is 487 g/mol. The standard InChI is InChI=1S/C26H28F3N3O3/c1-34-15-23(32-25(33)18-7-10-24(35-2)31-14-18)17-5-3-16(4-6-17)20-11-12-30-22-9-8-19(13-21(20)22)26(27,28)29/h7-14,16-17,23H,3-6,15H2,1-2H3,(H,32,33)/t16-,17+,23?. The van der Waals surface area contributed by atoms with Gasteiger partial charge >= 0.3 is 6.18 Å². The van der Waals surface area contributed by atoms with Gasteiger partial charge in [-0.15, -0.1) is 0 Å². The van der Waals surface area contributed by atoms with Crippen LogP contribution in [-0.2, 0) is 10.9 Å². The number of rotatable bonds is 7. The van der Waals surface area contributed by atoms with E-state index in [1.165, 1.54) is 25.4 Å². The summed E-state index contributed by atoms with van der Waals surface area (Å²) in [5, 5.41) is 3.63. The fraction of sp³-hybridized carbons (Fsp3) is 0.423. The highest BCUT2D eigenvalue weighted by atomic mass is 19.4. The summed E-state index contributed by atoms with van der Waals surface area (Å²) < 4.78 is 50.3. The van der Waals surface area contributed by atoms with Crippen LogP contribution in [0.1, 0.15) is 53.1 Å². The van der Waals surface area contributed by atoms with Gasteiger partial charge in [-0.05, 0) is 73.4 Å². The van der Waals surface area contributed by atoms with Gasteiger partial charge in [0.2, 0.25) is 5.88 Å². The maximum absolute atomic E-state index is 13.3. The summed E-state index contributed by atoms with van der Waals surface area (Å²) in [4.78, 5) is 21.1. The number of ether oxygens (including phenoxy) is 2. The van der Waals surface area contributed by atoms with Crippen molar-refractivity contribution in [2.45, 2.75) is 43.8 Å². The number of methoxy groups -OCH3 is 2. The largest absolute Gasteiger partial charge is 0.481 e. The number of fused-ring (bicyclic) bond motifs is 1. The number of hydrogen-bond donors (Lipinski definition) is 1. The summed E-state index contributed by atoms with van der Waals surface area (Å²) in [6.07, 6.45) is 1.99. The molecule has 4 rings (SSSR count). The van der Waals surface area contributed by atoms with E-state index in [1.54, 1.807) is 25.4 Å². The molecule has 1 fully saturated rings.